The lowest BCUT2D eigenvalue weighted by molar-refractivity contribution is -0.145. The van der Waals surface area contributed by atoms with Crippen molar-refractivity contribution in [2.24, 2.45) is 0 Å². The van der Waals surface area contributed by atoms with Gasteiger partial charge in [0.1, 0.15) is 23.8 Å². The third-order valence-electron chi connectivity index (χ3n) is 5.14. The molecule has 1 aliphatic carbocycles. The van der Waals surface area contributed by atoms with E-state index in [0.29, 0.717) is 17.6 Å². The first-order valence-electron chi connectivity index (χ1n) is 10.1. The third-order valence-corrected chi connectivity index (χ3v) is 6.32. The minimum atomic E-state index is -0.496. The Morgan fingerprint density at radius 2 is 1.97 bits per heavy atom. The number of aromatic nitrogens is 2. The Bertz CT molecular complexity index is 1120. The fraction of sp³-hybridized carbons (Fsp3) is 0.364. The summed E-state index contributed by atoms with van der Waals surface area (Å²) in [5, 5.41) is 3.26. The first kappa shape index (κ1) is 20.3. The van der Waals surface area contributed by atoms with Gasteiger partial charge in [0.25, 0.3) is 5.56 Å². The Morgan fingerprint density at radius 3 is 2.80 bits per heavy atom. The maximum absolute atomic E-state index is 12.5. The van der Waals surface area contributed by atoms with E-state index in [0.717, 1.165) is 41.6 Å². The normalized spacial score (nSPS) is 13.1. The van der Waals surface area contributed by atoms with Crippen LogP contribution in [0.3, 0.4) is 0 Å². The Labute approximate surface area is 177 Å². The smallest absolute Gasteiger partial charge is 0.325 e. The van der Waals surface area contributed by atoms with Gasteiger partial charge in [-0.25, -0.2) is 4.98 Å². The van der Waals surface area contributed by atoms with E-state index in [1.54, 1.807) is 11.3 Å². The molecule has 30 heavy (non-hydrogen) atoms. The van der Waals surface area contributed by atoms with Crippen LogP contribution in [-0.4, -0.2) is 28.4 Å². The van der Waals surface area contributed by atoms with Crippen LogP contribution in [0.15, 0.2) is 35.1 Å². The van der Waals surface area contributed by atoms with Gasteiger partial charge in [-0.1, -0.05) is 30.3 Å². The number of carbonyl (C=O) groups is 2. The lowest BCUT2D eigenvalue weighted by atomic mass is 9.97. The number of hydrogen-bond acceptors (Lipinski definition) is 6. The highest BCUT2D eigenvalue weighted by molar-refractivity contribution is 7.18. The van der Waals surface area contributed by atoms with Gasteiger partial charge in [-0.05, 0) is 36.8 Å². The zero-order valence-corrected chi connectivity index (χ0v) is 17.3. The summed E-state index contributed by atoms with van der Waals surface area (Å²) in [6, 6.07) is 9.34. The summed E-state index contributed by atoms with van der Waals surface area (Å²) in [7, 11) is 0. The average molecular weight is 426 g/mol. The molecule has 2 N–H and O–H groups in total. The van der Waals surface area contributed by atoms with E-state index in [1.807, 2.05) is 30.3 Å². The standard InChI is InChI=1S/C22H23N3O4S/c26-18(23-12-19(27)29-13-14-6-2-1-3-7-14)11-10-17-24-21(28)20-15-8-4-5-9-16(15)30-22(20)25-17/h1-3,6-7H,4-5,8-13H2,(H,23,26)(H,24,25,28). The van der Waals surface area contributed by atoms with Crippen molar-refractivity contribution in [2.45, 2.75) is 45.1 Å². The molecule has 0 spiro atoms. The second-order valence-electron chi connectivity index (χ2n) is 7.33. The average Bonchev–Trinajstić information content (AvgIpc) is 3.14. The second-order valence-corrected chi connectivity index (χ2v) is 8.41. The first-order chi connectivity index (χ1) is 14.6. The molecule has 0 saturated carbocycles. The number of amides is 1. The van der Waals surface area contributed by atoms with Crippen LogP contribution >= 0.6 is 11.3 Å². The van der Waals surface area contributed by atoms with E-state index >= 15 is 0 Å². The van der Waals surface area contributed by atoms with Crippen LogP contribution < -0.4 is 10.9 Å². The van der Waals surface area contributed by atoms with Gasteiger partial charge < -0.3 is 15.0 Å². The molecule has 0 atom stereocenters. The van der Waals surface area contributed by atoms with Crippen molar-refractivity contribution in [3.8, 4) is 0 Å². The topological polar surface area (TPSA) is 101 Å². The van der Waals surface area contributed by atoms with Gasteiger partial charge in [-0.15, -0.1) is 11.3 Å². The Kier molecular flexibility index (Phi) is 6.23. The van der Waals surface area contributed by atoms with E-state index in [1.165, 1.54) is 4.88 Å². The molecule has 1 aliphatic rings. The number of benzene rings is 1. The Hall–Kier alpha value is -3.00. The highest BCUT2D eigenvalue weighted by atomic mass is 32.1. The van der Waals surface area contributed by atoms with Crippen molar-refractivity contribution >= 4 is 33.4 Å². The van der Waals surface area contributed by atoms with Crippen molar-refractivity contribution in [3.05, 3.63) is 62.5 Å². The number of aromatic amines is 1. The molecule has 0 unspecified atom stereocenters. The molecule has 156 valence electrons. The largest absolute Gasteiger partial charge is 0.460 e. The summed E-state index contributed by atoms with van der Waals surface area (Å²) in [6.45, 7) is -0.0161. The molecule has 3 aromatic rings. The van der Waals surface area contributed by atoms with E-state index < -0.39 is 5.97 Å². The van der Waals surface area contributed by atoms with Crippen molar-refractivity contribution in [2.75, 3.05) is 6.54 Å². The van der Waals surface area contributed by atoms with Crippen LogP contribution in [0, 0.1) is 0 Å². The Morgan fingerprint density at radius 1 is 1.17 bits per heavy atom. The number of nitrogens with one attached hydrogen (secondary N) is 2. The number of esters is 1. The summed E-state index contributed by atoms with van der Waals surface area (Å²) >= 11 is 1.59. The lowest BCUT2D eigenvalue weighted by Gasteiger charge is -2.09. The monoisotopic (exact) mass is 425 g/mol. The number of aryl methyl sites for hydroxylation is 3. The predicted octanol–water partition coefficient (Wildman–Crippen LogP) is 2.66. The number of carbonyl (C=O) groups excluding carboxylic acids is 2. The molecule has 2 aromatic heterocycles. The molecule has 0 radical (unpaired) electrons. The predicted molar refractivity (Wildman–Crippen MR) is 114 cm³/mol. The zero-order chi connectivity index (χ0) is 20.9. The van der Waals surface area contributed by atoms with Crippen LogP contribution in [0.1, 0.15) is 41.1 Å². The van der Waals surface area contributed by atoms with Crippen molar-refractivity contribution in [1.82, 2.24) is 15.3 Å². The van der Waals surface area contributed by atoms with Gasteiger partial charge in [0.2, 0.25) is 5.91 Å². The van der Waals surface area contributed by atoms with Crippen LogP contribution in [-0.2, 0) is 40.2 Å². The molecule has 7 nitrogen and oxygen atoms in total. The summed E-state index contributed by atoms with van der Waals surface area (Å²) in [5.41, 5.74) is 1.91. The Balaban J connectivity index is 1.28. The maximum atomic E-state index is 12.5. The van der Waals surface area contributed by atoms with Crippen LogP contribution in [0.2, 0.25) is 0 Å². The van der Waals surface area contributed by atoms with Crippen LogP contribution in [0.25, 0.3) is 10.2 Å². The molecule has 0 saturated heterocycles. The van der Waals surface area contributed by atoms with E-state index in [4.69, 9.17) is 4.74 Å². The van der Waals surface area contributed by atoms with E-state index in [9.17, 15) is 14.4 Å². The van der Waals surface area contributed by atoms with Crippen molar-refractivity contribution < 1.29 is 14.3 Å². The SMILES string of the molecule is O=C(CCc1nc2sc3c(c2c(=O)[nH]1)CCCC3)NCC(=O)OCc1ccccc1. The molecule has 1 amide bonds. The maximum Gasteiger partial charge on any atom is 0.325 e. The lowest BCUT2D eigenvalue weighted by Crippen LogP contribution is -2.31. The van der Waals surface area contributed by atoms with E-state index in [2.05, 4.69) is 15.3 Å². The highest BCUT2D eigenvalue weighted by Crippen LogP contribution is 2.33. The fourth-order valence-electron chi connectivity index (χ4n) is 3.61. The number of rotatable bonds is 7. The summed E-state index contributed by atoms with van der Waals surface area (Å²) in [5.74, 6) is -0.294. The zero-order valence-electron chi connectivity index (χ0n) is 16.5. The number of ether oxygens (including phenoxy) is 1. The third kappa shape index (κ3) is 4.76. The number of nitrogens with zero attached hydrogens (tertiary/aromatic N) is 1. The summed E-state index contributed by atoms with van der Waals surface area (Å²) in [6.07, 6.45) is 4.63. The number of thiophene rings is 1. The number of H-pyrrole nitrogens is 1. The molecule has 1 aromatic carbocycles. The second kappa shape index (κ2) is 9.21. The molecule has 0 bridgehead atoms. The van der Waals surface area contributed by atoms with Gasteiger partial charge in [-0.3, -0.25) is 14.4 Å². The van der Waals surface area contributed by atoms with E-state index in [-0.39, 0.29) is 31.0 Å². The number of fused-ring (bicyclic) bond motifs is 3. The minimum absolute atomic E-state index is 0.126. The van der Waals surface area contributed by atoms with Gasteiger partial charge >= 0.3 is 5.97 Å². The van der Waals surface area contributed by atoms with Crippen molar-refractivity contribution in [1.29, 1.82) is 0 Å². The molecule has 8 heteroatoms. The fourth-order valence-corrected chi connectivity index (χ4v) is 4.89. The minimum Gasteiger partial charge on any atom is -0.460 e. The molecule has 0 fully saturated rings. The molecular weight excluding hydrogens is 402 g/mol. The number of hydrogen-bond donors (Lipinski definition) is 2. The molecule has 2 heterocycles. The van der Waals surface area contributed by atoms with Gasteiger partial charge in [0.05, 0.1) is 5.39 Å². The van der Waals surface area contributed by atoms with Gasteiger partial charge in [-0.2, -0.15) is 0 Å². The summed E-state index contributed by atoms with van der Waals surface area (Å²) < 4.78 is 5.13. The van der Waals surface area contributed by atoms with Crippen molar-refractivity contribution in [3.63, 3.8) is 0 Å². The molecule has 4 rings (SSSR count). The quantitative estimate of drug-likeness (QED) is 0.567. The van der Waals surface area contributed by atoms with Gasteiger partial charge in [0, 0.05) is 17.7 Å². The first-order valence-corrected chi connectivity index (χ1v) is 10.9. The van der Waals surface area contributed by atoms with Crippen LogP contribution in [0.5, 0.6) is 0 Å². The van der Waals surface area contributed by atoms with Gasteiger partial charge in [0.15, 0.2) is 0 Å². The molecule has 0 aliphatic heterocycles. The highest BCUT2D eigenvalue weighted by Gasteiger charge is 2.20. The summed E-state index contributed by atoms with van der Waals surface area (Å²) in [4.78, 5) is 45.8. The van der Waals surface area contributed by atoms with Crippen LogP contribution in [0.4, 0.5) is 0 Å². The molecular formula is C22H23N3O4S.